The van der Waals surface area contributed by atoms with E-state index in [2.05, 4.69) is 0 Å². The molecule has 2 aliphatic rings. The molecule has 0 saturated heterocycles. The minimum atomic E-state index is -0.0686. The molecule has 2 aromatic carbocycles. The van der Waals surface area contributed by atoms with E-state index in [1.165, 1.54) is 0 Å². The van der Waals surface area contributed by atoms with E-state index in [1.807, 2.05) is 31.2 Å². The molecule has 0 fully saturated rings. The van der Waals surface area contributed by atoms with Gasteiger partial charge in [-0.2, -0.15) is 0 Å². The first-order valence-electron chi connectivity index (χ1n) is 7.19. The number of ether oxygens (including phenoxy) is 3. The number of carbonyl (C=O) groups excluding carboxylic acids is 1. The monoisotopic (exact) mass is 297 g/mol. The van der Waals surface area contributed by atoms with Gasteiger partial charge in [-0.1, -0.05) is 12.1 Å². The lowest BCUT2D eigenvalue weighted by Crippen LogP contribution is -2.42. The van der Waals surface area contributed by atoms with Crippen molar-refractivity contribution >= 4 is 11.6 Å². The number of fused-ring (bicyclic) bond motifs is 2. The molecule has 0 bridgehead atoms. The molecular formula is C17H15NO4. The molecule has 2 aliphatic heterocycles. The molecule has 0 spiro atoms. The SMILES string of the molecule is CC1CN(C(=O)c2ccc3c(c2)OCO3)c2ccccc2O1. The molecule has 1 atom stereocenters. The Bertz CT molecular complexity index is 743. The van der Waals surface area contributed by atoms with Gasteiger partial charge in [0.25, 0.3) is 5.91 Å². The van der Waals surface area contributed by atoms with Crippen LogP contribution in [0.1, 0.15) is 17.3 Å². The fourth-order valence-electron chi connectivity index (χ4n) is 2.77. The van der Waals surface area contributed by atoms with Crippen LogP contribution in [0, 0.1) is 0 Å². The fraction of sp³-hybridized carbons (Fsp3) is 0.235. The molecule has 0 N–H and O–H groups in total. The Morgan fingerprint density at radius 3 is 2.82 bits per heavy atom. The number of rotatable bonds is 1. The first-order valence-corrected chi connectivity index (χ1v) is 7.19. The summed E-state index contributed by atoms with van der Waals surface area (Å²) in [5.41, 5.74) is 1.37. The van der Waals surface area contributed by atoms with Crippen LogP contribution < -0.4 is 19.1 Å². The van der Waals surface area contributed by atoms with Crippen molar-refractivity contribution < 1.29 is 19.0 Å². The molecule has 4 rings (SSSR count). The number of hydrogen-bond acceptors (Lipinski definition) is 4. The third kappa shape index (κ3) is 2.06. The van der Waals surface area contributed by atoms with Gasteiger partial charge in [0.1, 0.15) is 11.9 Å². The van der Waals surface area contributed by atoms with Crippen molar-refractivity contribution in [3.63, 3.8) is 0 Å². The molecular weight excluding hydrogens is 282 g/mol. The number of benzene rings is 2. The molecule has 2 aromatic rings. The van der Waals surface area contributed by atoms with Gasteiger partial charge in [0.2, 0.25) is 6.79 Å². The second-order valence-electron chi connectivity index (χ2n) is 5.38. The molecule has 0 radical (unpaired) electrons. The third-order valence-electron chi connectivity index (χ3n) is 3.79. The Morgan fingerprint density at radius 2 is 1.91 bits per heavy atom. The molecule has 22 heavy (non-hydrogen) atoms. The van der Waals surface area contributed by atoms with Gasteiger partial charge in [-0.05, 0) is 37.3 Å². The molecule has 112 valence electrons. The van der Waals surface area contributed by atoms with Gasteiger partial charge in [0, 0.05) is 5.56 Å². The number of anilines is 1. The van der Waals surface area contributed by atoms with Crippen molar-refractivity contribution in [1.29, 1.82) is 0 Å². The van der Waals surface area contributed by atoms with Crippen molar-refractivity contribution in [2.24, 2.45) is 0 Å². The topological polar surface area (TPSA) is 48.0 Å². The van der Waals surface area contributed by atoms with Crippen LogP contribution in [0.4, 0.5) is 5.69 Å². The number of para-hydroxylation sites is 2. The highest BCUT2D eigenvalue weighted by atomic mass is 16.7. The Labute approximate surface area is 128 Å². The molecule has 2 heterocycles. The van der Waals surface area contributed by atoms with Gasteiger partial charge in [-0.25, -0.2) is 0 Å². The van der Waals surface area contributed by atoms with Crippen molar-refractivity contribution in [3.8, 4) is 17.2 Å². The van der Waals surface area contributed by atoms with E-state index in [4.69, 9.17) is 14.2 Å². The summed E-state index contributed by atoms with van der Waals surface area (Å²) < 4.78 is 16.4. The van der Waals surface area contributed by atoms with Crippen LogP contribution in [-0.2, 0) is 0 Å². The quantitative estimate of drug-likeness (QED) is 0.812. The fourth-order valence-corrected chi connectivity index (χ4v) is 2.77. The van der Waals surface area contributed by atoms with Crippen molar-refractivity contribution in [2.75, 3.05) is 18.2 Å². The maximum atomic E-state index is 12.9. The average Bonchev–Trinajstić information content (AvgIpc) is 3.00. The summed E-state index contributed by atoms with van der Waals surface area (Å²) in [6.07, 6.45) is -0.0483. The van der Waals surface area contributed by atoms with Crippen LogP contribution in [0.15, 0.2) is 42.5 Å². The summed E-state index contributed by atoms with van der Waals surface area (Å²) in [5, 5.41) is 0. The lowest BCUT2D eigenvalue weighted by Gasteiger charge is -2.33. The molecule has 0 aliphatic carbocycles. The zero-order valence-electron chi connectivity index (χ0n) is 12.1. The van der Waals surface area contributed by atoms with Crippen LogP contribution >= 0.6 is 0 Å². The van der Waals surface area contributed by atoms with E-state index in [1.54, 1.807) is 23.1 Å². The second-order valence-corrected chi connectivity index (χ2v) is 5.38. The Kier molecular flexibility index (Phi) is 2.92. The Hall–Kier alpha value is -2.69. The molecule has 0 aromatic heterocycles. The minimum absolute atomic E-state index is 0.0483. The number of amides is 1. The largest absolute Gasteiger partial charge is 0.487 e. The second kappa shape index (κ2) is 4.94. The lowest BCUT2D eigenvalue weighted by molar-refractivity contribution is 0.0960. The molecule has 5 nitrogen and oxygen atoms in total. The standard InChI is InChI=1S/C17H15NO4/c1-11-9-18(13-4-2-3-5-14(13)22-11)17(19)12-6-7-15-16(8-12)21-10-20-15/h2-8,11H,9-10H2,1H3. The number of hydrogen-bond donors (Lipinski definition) is 0. The normalized spacial score (nSPS) is 18.6. The zero-order valence-corrected chi connectivity index (χ0v) is 12.1. The van der Waals surface area contributed by atoms with Crippen molar-refractivity contribution in [3.05, 3.63) is 48.0 Å². The molecule has 0 saturated carbocycles. The number of nitrogens with zero attached hydrogens (tertiary/aromatic N) is 1. The predicted octanol–water partition coefficient (Wildman–Crippen LogP) is 2.84. The van der Waals surface area contributed by atoms with Gasteiger partial charge < -0.3 is 19.1 Å². The summed E-state index contributed by atoms with van der Waals surface area (Å²) in [5.74, 6) is 1.95. The highest BCUT2D eigenvalue weighted by molar-refractivity contribution is 6.07. The summed E-state index contributed by atoms with van der Waals surface area (Å²) in [4.78, 5) is 14.6. The van der Waals surface area contributed by atoms with Crippen molar-refractivity contribution in [2.45, 2.75) is 13.0 Å². The van der Waals surface area contributed by atoms with Gasteiger partial charge >= 0.3 is 0 Å². The summed E-state index contributed by atoms with van der Waals surface area (Å²) in [7, 11) is 0. The van der Waals surface area contributed by atoms with Gasteiger partial charge in [0.05, 0.1) is 12.2 Å². The molecule has 5 heteroatoms. The minimum Gasteiger partial charge on any atom is -0.487 e. The van der Waals surface area contributed by atoms with Crippen LogP contribution in [0.5, 0.6) is 17.2 Å². The zero-order chi connectivity index (χ0) is 15.1. The first-order chi connectivity index (χ1) is 10.7. The summed E-state index contributed by atoms with van der Waals surface area (Å²) in [6, 6.07) is 12.8. The van der Waals surface area contributed by atoms with Gasteiger partial charge in [-0.15, -0.1) is 0 Å². The van der Waals surface area contributed by atoms with E-state index in [0.717, 1.165) is 11.4 Å². The van der Waals surface area contributed by atoms with Crippen LogP contribution in [-0.4, -0.2) is 25.3 Å². The van der Waals surface area contributed by atoms with E-state index in [0.29, 0.717) is 23.6 Å². The lowest BCUT2D eigenvalue weighted by atomic mass is 10.1. The highest BCUT2D eigenvalue weighted by Gasteiger charge is 2.29. The van der Waals surface area contributed by atoms with E-state index >= 15 is 0 Å². The van der Waals surface area contributed by atoms with Crippen LogP contribution in [0.2, 0.25) is 0 Å². The van der Waals surface area contributed by atoms with Gasteiger partial charge in [0.15, 0.2) is 11.5 Å². The number of carbonyl (C=O) groups is 1. The maximum Gasteiger partial charge on any atom is 0.258 e. The highest BCUT2D eigenvalue weighted by Crippen LogP contribution is 2.36. The average molecular weight is 297 g/mol. The molecule has 1 unspecified atom stereocenters. The van der Waals surface area contributed by atoms with Crippen LogP contribution in [0.25, 0.3) is 0 Å². The van der Waals surface area contributed by atoms with E-state index in [-0.39, 0.29) is 18.8 Å². The van der Waals surface area contributed by atoms with Gasteiger partial charge in [-0.3, -0.25) is 4.79 Å². The maximum absolute atomic E-state index is 12.9. The summed E-state index contributed by atoms with van der Waals surface area (Å²) in [6.45, 7) is 2.67. The Morgan fingerprint density at radius 1 is 1.09 bits per heavy atom. The molecule has 1 amide bonds. The van der Waals surface area contributed by atoms with E-state index in [9.17, 15) is 4.79 Å². The van der Waals surface area contributed by atoms with E-state index < -0.39 is 0 Å². The summed E-state index contributed by atoms with van der Waals surface area (Å²) >= 11 is 0. The van der Waals surface area contributed by atoms with Crippen LogP contribution in [0.3, 0.4) is 0 Å². The predicted molar refractivity (Wildman–Crippen MR) is 80.8 cm³/mol. The van der Waals surface area contributed by atoms with Crippen molar-refractivity contribution in [1.82, 2.24) is 0 Å². The smallest absolute Gasteiger partial charge is 0.258 e. The Balaban J connectivity index is 1.71. The first kappa shape index (κ1) is 13.0. The third-order valence-corrected chi connectivity index (χ3v) is 3.79.